The summed E-state index contributed by atoms with van der Waals surface area (Å²) in [6, 6.07) is 30.0. The molecular weight excluding hydrogens is 474 g/mol. The van der Waals surface area contributed by atoms with Crippen molar-refractivity contribution in [2.24, 2.45) is 5.92 Å². The van der Waals surface area contributed by atoms with Crippen molar-refractivity contribution >= 4 is 33.1 Å². The molecule has 0 saturated heterocycles. The number of pyridine rings is 1. The molecular formula is C32H27N3OS. The zero-order chi connectivity index (χ0) is 25.9. The van der Waals surface area contributed by atoms with Crippen LogP contribution in [0, 0.1) is 24.2 Å². The normalized spacial score (nSPS) is 11.0. The topological polar surface area (TPSA) is 65.8 Å². The fraction of sp³-hybridized carbons (Fsp3) is 0.156. The predicted molar refractivity (Wildman–Crippen MR) is 153 cm³/mol. The number of thiophene rings is 1. The summed E-state index contributed by atoms with van der Waals surface area (Å²) < 4.78 is 0. The van der Waals surface area contributed by atoms with Crippen LogP contribution in [0.2, 0.25) is 0 Å². The van der Waals surface area contributed by atoms with E-state index in [-0.39, 0.29) is 5.91 Å². The van der Waals surface area contributed by atoms with Crippen molar-refractivity contribution in [2.45, 2.75) is 27.2 Å². The summed E-state index contributed by atoms with van der Waals surface area (Å²) in [4.78, 5) is 19.5. The molecule has 0 saturated carbocycles. The summed E-state index contributed by atoms with van der Waals surface area (Å²) in [5, 5.41) is 14.4. The second-order valence-corrected chi connectivity index (χ2v) is 10.8. The number of amides is 1. The van der Waals surface area contributed by atoms with Crippen molar-refractivity contribution in [3.05, 3.63) is 106 Å². The zero-order valence-electron chi connectivity index (χ0n) is 21.1. The van der Waals surface area contributed by atoms with Crippen LogP contribution in [0.15, 0.2) is 84.9 Å². The first-order valence-electron chi connectivity index (χ1n) is 12.3. The molecule has 5 aromatic rings. The Morgan fingerprint density at radius 2 is 1.68 bits per heavy atom. The summed E-state index contributed by atoms with van der Waals surface area (Å²) in [7, 11) is 0. The maximum absolute atomic E-state index is 13.7. The van der Waals surface area contributed by atoms with Crippen LogP contribution in [0.3, 0.4) is 0 Å². The van der Waals surface area contributed by atoms with Crippen LogP contribution in [-0.4, -0.2) is 10.9 Å². The fourth-order valence-electron chi connectivity index (χ4n) is 4.66. The molecule has 3 aromatic carbocycles. The maximum Gasteiger partial charge on any atom is 0.257 e. The van der Waals surface area contributed by atoms with Crippen LogP contribution in [0.1, 0.15) is 40.2 Å². The smallest absolute Gasteiger partial charge is 0.257 e. The van der Waals surface area contributed by atoms with E-state index in [0.717, 1.165) is 44.6 Å². The van der Waals surface area contributed by atoms with Crippen LogP contribution in [0.5, 0.6) is 0 Å². The molecule has 0 aliphatic heterocycles. The van der Waals surface area contributed by atoms with E-state index in [1.165, 1.54) is 16.9 Å². The van der Waals surface area contributed by atoms with E-state index < -0.39 is 0 Å². The van der Waals surface area contributed by atoms with E-state index in [9.17, 15) is 10.1 Å². The highest BCUT2D eigenvalue weighted by Crippen LogP contribution is 2.39. The lowest BCUT2D eigenvalue weighted by Gasteiger charge is -2.11. The third-order valence-corrected chi connectivity index (χ3v) is 7.36. The van der Waals surface area contributed by atoms with Crippen LogP contribution < -0.4 is 5.32 Å². The molecule has 0 spiro atoms. The predicted octanol–water partition coefficient (Wildman–Crippen LogP) is 8.26. The molecule has 0 fully saturated rings. The van der Waals surface area contributed by atoms with Gasteiger partial charge in [0.1, 0.15) is 11.1 Å². The van der Waals surface area contributed by atoms with Crippen LogP contribution >= 0.6 is 11.3 Å². The molecule has 0 radical (unpaired) electrons. The van der Waals surface area contributed by atoms with Gasteiger partial charge in [0.05, 0.1) is 22.3 Å². The number of nitrogens with one attached hydrogen (secondary N) is 1. The fourth-order valence-corrected chi connectivity index (χ4v) is 5.68. The molecule has 0 unspecified atom stereocenters. The average Bonchev–Trinajstić information content (AvgIpc) is 3.22. The Hall–Kier alpha value is -4.27. The third-order valence-electron chi connectivity index (χ3n) is 6.34. The van der Waals surface area contributed by atoms with E-state index in [4.69, 9.17) is 4.98 Å². The second kappa shape index (κ2) is 10.4. The summed E-state index contributed by atoms with van der Waals surface area (Å²) in [6.07, 6.45) is 1.02. The summed E-state index contributed by atoms with van der Waals surface area (Å²) in [6.45, 7) is 6.39. The number of hydrogen-bond donors (Lipinski definition) is 1. The van der Waals surface area contributed by atoms with Gasteiger partial charge in [0.25, 0.3) is 5.91 Å². The molecule has 37 heavy (non-hydrogen) atoms. The summed E-state index contributed by atoms with van der Waals surface area (Å²) >= 11 is 1.43. The highest BCUT2D eigenvalue weighted by atomic mass is 32.1. The molecule has 2 heterocycles. The van der Waals surface area contributed by atoms with Crippen molar-refractivity contribution in [3.63, 3.8) is 0 Å². The Bertz CT molecular complexity index is 1630. The number of rotatable bonds is 6. The van der Waals surface area contributed by atoms with Crippen LogP contribution in [-0.2, 0) is 6.42 Å². The van der Waals surface area contributed by atoms with Gasteiger partial charge in [0, 0.05) is 21.4 Å². The Kier molecular flexibility index (Phi) is 6.85. The molecule has 1 N–H and O–H groups in total. The van der Waals surface area contributed by atoms with Gasteiger partial charge in [-0.3, -0.25) is 4.79 Å². The molecule has 2 aromatic heterocycles. The lowest BCUT2D eigenvalue weighted by molar-refractivity contribution is 0.102. The van der Waals surface area contributed by atoms with E-state index in [1.54, 1.807) is 0 Å². The number of carbonyl (C=O) groups is 1. The van der Waals surface area contributed by atoms with Gasteiger partial charge >= 0.3 is 0 Å². The number of para-hydroxylation sites is 1. The Morgan fingerprint density at radius 3 is 2.38 bits per heavy atom. The standard InChI is InChI=1S/C32H27N3OS/c1-20(2)17-22-13-15-23(16-14-22)29-18-26(25-11-7-8-12-28(25)34-29)31(36)35-32-27(19-33)30(21(3)37-32)24-9-5-4-6-10-24/h4-16,18,20H,17H2,1-3H3,(H,35,36). The number of anilines is 1. The minimum absolute atomic E-state index is 0.256. The number of hydrogen-bond acceptors (Lipinski definition) is 4. The quantitative estimate of drug-likeness (QED) is 0.255. The zero-order valence-corrected chi connectivity index (χ0v) is 21.9. The second-order valence-electron chi connectivity index (χ2n) is 9.54. The largest absolute Gasteiger partial charge is 0.312 e. The van der Waals surface area contributed by atoms with E-state index >= 15 is 0 Å². The van der Waals surface area contributed by atoms with Gasteiger partial charge in [-0.05, 0) is 42.5 Å². The summed E-state index contributed by atoms with van der Waals surface area (Å²) in [5.74, 6) is 0.329. The first-order valence-corrected chi connectivity index (χ1v) is 13.2. The molecule has 182 valence electrons. The number of nitriles is 1. The van der Waals surface area contributed by atoms with Gasteiger partial charge in [-0.2, -0.15) is 5.26 Å². The monoisotopic (exact) mass is 501 g/mol. The first-order chi connectivity index (χ1) is 17.9. The van der Waals surface area contributed by atoms with Gasteiger partial charge in [-0.15, -0.1) is 11.3 Å². The summed E-state index contributed by atoms with van der Waals surface area (Å²) in [5.41, 5.74) is 6.59. The molecule has 0 bridgehead atoms. The molecule has 1 amide bonds. The molecule has 5 heteroatoms. The molecule has 0 atom stereocenters. The number of carbonyl (C=O) groups excluding carboxylic acids is 1. The van der Waals surface area contributed by atoms with Crippen molar-refractivity contribution in [1.29, 1.82) is 5.26 Å². The Labute approximate surface area is 221 Å². The van der Waals surface area contributed by atoms with Gasteiger partial charge in [-0.25, -0.2) is 4.98 Å². The van der Waals surface area contributed by atoms with E-state index in [1.807, 2.05) is 67.6 Å². The minimum Gasteiger partial charge on any atom is -0.312 e. The first kappa shape index (κ1) is 24.4. The third kappa shape index (κ3) is 5.02. The maximum atomic E-state index is 13.7. The van der Waals surface area contributed by atoms with Crippen molar-refractivity contribution in [2.75, 3.05) is 5.32 Å². The highest BCUT2D eigenvalue weighted by Gasteiger charge is 2.21. The number of benzene rings is 3. The van der Waals surface area contributed by atoms with Crippen molar-refractivity contribution in [3.8, 4) is 28.5 Å². The number of nitrogens with zero attached hydrogens (tertiary/aromatic N) is 2. The van der Waals surface area contributed by atoms with Crippen molar-refractivity contribution < 1.29 is 4.79 Å². The highest BCUT2D eigenvalue weighted by molar-refractivity contribution is 7.17. The Balaban J connectivity index is 1.54. The SMILES string of the molecule is Cc1sc(NC(=O)c2cc(-c3ccc(CC(C)C)cc3)nc3ccccc23)c(C#N)c1-c1ccccc1. The number of fused-ring (bicyclic) bond motifs is 1. The molecule has 0 aliphatic carbocycles. The van der Waals surface area contributed by atoms with Gasteiger partial charge in [0.2, 0.25) is 0 Å². The van der Waals surface area contributed by atoms with Crippen molar-refractivity contribution in [1.82, 2.24) is 4.98 Å². The Morgan fingerprint density at radius 1 is 0.973 bits per heavy atom. The van der Waals surface area contributed by atoms with Gasteiger partial charge in [-0.1, -0.05) is 86.6 Å². The minimum atomic E-state index is -0.256. The lowest BCUT2D eigenvalue weighted by atomic mass is 9.99. The van der Waals surface area contributed by atoms with Gasteiger partial charge in [0.15, 0.2) is 0 Å². The van der Waals surface area contributed by atoms with E-state index in [0.29, 0.717) is 22.0 Å². The van der Waals surface area contributed by atoms with Gasteiger partial charge < -0.3 is 5.32 Å². The number of aryl methyl sites for hydroxylation is 1. The molecule has 4 nitrogen and oxygen atoms in total. The molecule has 5 rings (SSSR count). The van der Waals surface area contributed by atoms with E-state index in [2.05, 4.69) is 49.5 Å². The van der Waals surface area contributed by atoms with Crippen LogP contribution in [0.25, 0.3) is 33.3 Å². The molecule has 0 aliphatic rings. The number of aromatic nitrogens is 1. The average molecular weight is 502 g/mol. The van der Waals surface area contributed by atoms with Crippen LogP contribution in [0.4, 0.5) is 5.00 Å². The lowest BCUT2D eigenvalue weighted by Crippen LogP contribution is -2.13.